The third kappa shape index (κ3) is 3.02. The first-order chi connectivity index (χ1) is 9.46. The average Bonchev–Trinajstić information content (AvgIpc) is 2.97. The summed E-state index contributed by atoms with van der Waals surface area (Å²) in [4.78, 5) is 25.1. The van der Waals surface area contributed by atoms with Gasteiger partial charge in [0.15, 0.2) is 0 Å². The van der Waals surface area contributed by atoms with E-state index in [0.717, 1.165) is 11.3 Å². The largest absolute Gasteiger partial charge is 0.462 e. The van der Waals surface area contributed by atoms with Crippen LogP contribution < -0.4 is 5.32 Å². The predicted molar refractivity (Wildman–Crippen MR) is 77.2 cm³/mol. The standard InChI is InChI=1S/C14H19NO4S/c1-4-18-12(16)10-8-9(2)20-11(10)15-13(17)14(3)6-5-7-19-14/h8H,4-7H2,1-3H3,(H,15,17). The zero-order valence-electron chi connectivity index (χ0n) is 11.9. The lowest BCUT2D eigenvalue weighted by atomic mass is 10.0. The fourth-order valence-electron chi connectivity index (χ4n) is 2.16. The molecule has 20 heavy (non-hydrogen) atoms. The molecule has 0 spiro atoms. The molecule has 6 heteroatoms. The van der Waals surface area contributed by atoms with Gasteiger partial charge >= 0.3 is 5.97 Å². The summed E-state index contributed by atoms with van der Waals surface area (Å²) in [6.07, 6.45) is 1.57. The highest BCUT2D eigenvalue weighted by molar-refractivity contribution is 7.16. The Labute approximate surface area is 122 Å². The van der Waals surface area contributed by atoms with E-state index in [4.69, 9.17) is 9.47 Å². The number of carbonyl (C=O) groups is 2. The molecule has 1 aromatic rings. The molecular formula is C14H19NO4S. The molecule has 1 aromatic heterocycles. The van der Waals surface area contributed by atoms with Crippen LogP contribution in [0.25, 0.3) is 0 Å². The Kier molecular flexibility index (Phi) is 4.45. The van der Waals surface area contributed by atoms with E-state index in [-0.39, 0.29) is 5.91 Å². The quantitative estimate of drug-likeness (QED) is 0.868. The van der Waals surface area contributed by atoms with Gasteiger partial charge in [0, 0.05) is 11.5 Å². The van der Waals surface area contributed by atoms with E-state index in [1.54, 1.807) is 19.9 Å². The first kappa shape index (κ1) is 15.0. The number of amides is 1. The van der Waals surface area contributed by atoms with E-state index in [1.165, 1.54) is 11.3 Å². The van der Waals surface area contributed by atoms with Crippen LogP contribution in [0.2, 0.25) is 0 Å². The Morgan fingerprint density at radius 2 is 2.30 bits per heavy atom. The van der Waals surface area contributed by atoms with Crippen LogP contribution in [0.15, 0.2) is 6.07 Å². The molecule has 1 aliphatic rings. The lowest BCUT2D eigenvalue weighted by Gasteiger charge is -2.21. The van der Waals surface area contributed by atoms with Crippen LogP contribution in [0.3, 0.4) is 0 Å². The molecule has 1 fully saturated rings. The molecular weight excluding hydrogens is 278 g/mol. The van der Waals surface area contributed by atoms with Crippen LogP contribution in [0.4, 0.5) is 5.00 Å². The molecule has 1 unspecified atom stereocenters. The number of esters is 1. The fourth-order valence-corrected chi connectivity index (χ4v) is 3.06. The van der Waals surface area contributed by atoms with Gasteiger partial charge < -0.3 is 14.8 Å². The maximum Gasteiger partial charge on any atom is 0.341 e. The number of carbonyl (C=O) groups excluding carboxylic acids is 2. The molecule has 0 bridgehead atoms. The smallest absolute Gasteiger partial charge is 0.341 e. The number of anilines is 1. The third-order valence-corrected chi connectivity index (χ3v) is 4.24. The zero-order valence-corrected chi connectivity index (χ0v) is 12.8. The molecule has 0 radical (unpaired) electrons. The van der Waals surface area contributed by atoms with Crippen molar-refractivity contribution in [2.24, 2.45) is 0 Å². The Bertz CT molecular complexity index is 517. The van der Waals surface area contributed by atoms with Crippen molar-refractivity contribution in [3.05, 3.63) is 16.5 Å². The number of hydrogen-bond donors (Lipinski definition) is 1. The van der Waals surface area contributed by atoms with Gasteiger partial charge in [0.25, 0.3) is 5.91 Å². The van der Waals surface area contributed by atoms with Crippen molar-refractivity contribution in [2.75, 3.05) is 18.5 Å². The van der Waals surface area contributed by atoms with Crippen LogP contribution in [-0.2, 0) is 14.3 Å². The highest BCUT2D eigenvalue weighted by Gasteiger charge is 2.38. The second-order valence-electron chi connectivity index (χ2n) is 4.96. The van der Waals surface area contributed by atoms with Gasteiger partial charge in [-0.1, -0.05) is 0 Å². The predicted octanol–water partition coefficient (Wildman–Crippen LogP) is 2.74. The Morgan fingerprint density at radius 3 is 2.90 bits per heavy atom. The minimum Gasteiger partial charge on any atom is -0.462 e. The van der Waals surface area contributed by atoms with E-state index in [9.17, 15) is 9.59 Å². The molecule has 1 N–H and O–H groups in total. The van der Waals surface area contributed by atoms with Gasteiger partial charge in [-0.15, -0.1) is 11.3 Å². The fraction of sp³-hybridized carbons (Fsp3) is 0.571. The van der Waals surface area contributed by atoms with E-state index in [1.807, 2.05) is 6.92 Å². The zero-order chi connectivity index (χ0) is 14.8. The van der Waals surface area contributed by atoms with Gasteiger partial charge in [-0.3, -0.25) is 4.79 Å². The summed E-state index contributed by atoms with van der Waals surface area (Å²) in [5, 5.41) is 3.34. The van der Waals surface area contributed by atoms with Gasteiger partial charge in [-0.25, -0.2) is 4.79 Å². The number of nitrogens with one attached hydrogen (secondary N) is 1. The van der Waals surface area contributed by atoms with Gasteiger partial charge in [0.05, 0.1) is 12.2 Å². The summed E-state index contributed by atoms with van der Waals surface area (Å²) in [5.41, 5.74) is -0.395. The molecule has 1 saturated heterocycles. The molecule has 1 atom stereocenters. The lowest BCUT2D eigenvalue weighted by Crippen LogP contribution is -2.39. The molecule has 2 heterocycles. The molecule has 110 valence electrons. The normalized spacial score (nSPS) is 21.8. The summed E-state index contributed by atoms with van der Waals surface area (Å²) < 4.78 is 10.5. The average molecular weight is 297 g/mol. The summed E-state index contributed by atoms with van der Waals surface area (Å²) in [5.74, 6) is -0.618. The minimum atomic E-state index is -0.802. The molecule has 5 nitrogen and oxygen atoms in total. The highest BCUT2D eigenvalue weighted by atomic mass is 32.1. The molecule has 1 amide bonds. The summed E-state index contributed by atoms with van der Waals surface area (Å²) in [6, 6.07) is 1.73. The SMILES string of the molecule is CCOC(=O)c1cc(C)sc1NC(=O)C1(C)CCCO1. The number of hydrogen-bond acceptors (Lipinski definition) is 5. The summed E-state index contributed by atoms with van der Waals surface area (Å²) in [6.45, 7) is 6.32. The topological polar surface area (TPSA) is 64.6 Å². The van der Waals surface area contributed by atoms with E-state index < -0.39 is 11.6 Å². The number of thiophene rings is 1. The second-order valence-corrected chi connectivity index (χ2v) is 6.21. The van der Waals surface area contributed by atoms with Crippen LogP contribution in [0, 0.1) is 6.92 Å². The van der Waals surface area contributed by atoms with Gasteiger partial charge in [0.2, 0.25) is 0 Å². The Hall–Kier alpha value is -1.40. The van der Waals surface area contributed by atoms with Crippen LogP contribution >= 0.6 is 11.3 Å². The molecule has 2 rings (SSSR count). The number of ether oxygens (including phenoxy) is 2. The van der Waals surface area contributed by atoms with Gasteiger partial charge in [-0.2, -0.15) is 0 Å². The Morgan fingerprint density at radius 1 is 1.55 bits per heavy atom. The van der Waals surface area contributed by atoms with Crippen LogP contribution in [0.5, 0.6) is 0 Å². The van der Waals surface area contributed by atoms with Crippen molar-refractivity contribution < 1.29 is 19.1 Å². The van der Waals surface area contributed by atoms with Crippen LogP contribution in [0.1, 0.15) is 41.9 Å². The number of rotatable bonds is 4. The summed E-state index contributed by atoms with van der Waals surface area (Å²) in [7, 11) is 0. The van der Waals surface area contributed by atoms with Crippen molar-refractivity contribution in [2.45, 2.75) is 39.2 Å². The first-order valence-electron chi connectivity index (χ1n) is 6.69. The molecule has 0 aromatic carbocycles. The summed E-state index contributed by atoms with van der Waals surface area (Å²) >= 11 is 1.37. The van der Waals surface area contributed by atoms with E-state index >= 15 is 0 Å². The van der Waals surface area contributed by atoms with Crippen molar-refractivity contribution in [3.8, 4) is 0 Å². The van der Waals surface area contributed by atoms with Gasteiger partial charge in [-0.05, 0) is 39.7 Å². The van der Waals surface area contributed by atoms with Crippen LogP contribution in [-0.4, -0.2) is 30.7 Å². The monoisotopic (exact) mass is 297 g/mol. The Balaban J connectivity index is 2.16. The van der Waals surface area contributed by atoms with Crippen molar-refractivity contribution in [3.63, 3.8) is 0 Å². The number of aryl methyl sites for hydroxylation is 1. The minimum absolute atomic E-state index is 0.206. The maximum absolute atomic E-state index is 12.3. The molecule has 0 aliphatic carbocycles. The van der Waals surface area contributed by atoms with E-state index in [2.05, 4.69) is 5.32 Å². The van der Waals surface area contributed by atoms with Crippen molar-refractivity contribution >= 4 is 28.2 Å². The van der Waals surface area contributed by atoms with Gasteiger partial charge in [0.1, 0.15) is 10.6 Å². The van der Waals surface area contributed by atoms with Crippen molar-refractivity contribution in [1.29, 1.82) is 0 Å². The highest BCUT2D eigenvalue weighted by Crippen LogP contribution is 2.31. The lowest BCUT2D eigenvalue weighted by molar-refractivity contribution is -0.133. The molecule has 1 aliphatic heterocycles. The molecule has 0 saturated carbocycles. The third-order valence-electron chi connectivity index (χ3n) is 3.28. The maximum atomic E-state index is 12.3. The second kappa shape index (κ2) is 5.93. The van der Waals surface area contributed by atoms with E-state index in [0.29, 0.717) is 30.2 Å². The van der Waals surface area contributed by atoms with Crippen molar-refractivity contribution in [1.82, 2.24) is 0 Å². The first-order valence-corrected chi connectivity index (χ1v) is 7.51.